The minimum Gasteiger partial charge on any atom is -0.394 e. The van der Waals surface area contributed by atoms with E-state index in [9.17, 15) is 0 Å². The van der Waals surface area contributed by atoms with E-state index in [0.717, 1.165) is 18.8 Å². The highest BCUT2D eigenvalue weighted by Crippen LogP contribution is 2.46. The molecule has 1 atom stereocenters. The fourth-order valence-electron chi connectivity index (χ4n) is 3.03. The van der Waals surface area contributed by atoms with Gasteiger partial charge in [-0.3, -0.25) is 0 Å². The number of hydrogen-bond acceptors (Lipinski definition) is 2. The van der Waals surface area contributed by atoms with Crippen molar-refractivity contribution in [1.82, 2.24) is 0 Å². The second-order valence-corrected chi connectivity index (χ2v) is 8.70. The van der Waals surface area contributed by atoms with Crippen LogP contribution in [-0.2, 0) is 8.85 Å². The molecule has 0 aromatic carbocycles. The Hall–Kier alpha value is 0.137. The molecular weight excluding hydrogens is 216 g/mol. The molecule has 0 N–H and O–H groups in total. The molecule has 3 heteroatoms. The van der Waals surface area contributed by atoms with Crippen molar-refractivity contribution >= 4 is 8.56 Å². The summed E-state index contributed by atoms with van der Waals surface area (Å²) in [5.74, 6) is 0. The van der Waals surface area contributed by atoms with Crippen LogP contribution in [0.2, 0.25) is 11.1 Å². The third kappa shape index (κ3) is 2.87. The molecule has 0 aromatic heterocycles. The Kier molecular flexibility index (Phi) is 6.01. The first kappa shape index (κ1) is 14.2. The van der Waals surface area contributed by atoms with Crippen LogP contribution in [0.5, 0.6) is 0 Å². The first-order chi connectivity index (χ1) is 7.71. The molecule has 0 bridgehead atoms. The Morgan fingerprint density at radius 3 is 1.94 bits per heavy atom. The standard InChI is InChI=1S/C13H28O2Si/c1-5-12(4)16(14-6-2,15-7-3)13-10-8-9-11-13/h12-13H,5-11H2,1-4H3. The van der Waals surface area contributed by atoms with Crippen LogP contribution in [-0.4, -0.2) is 21.8 Å². The second-order valence-electron chi connectivity index (χ2n) is 4.88. The average molecular weight is 244 g/mol. The van der Waals surface area contributed by atoms with Crippen LogP contribution >= 0.6 is 0 Å². The molecule has 1 aliphatic carbocycles. The zero-order chi connectivity index (χ0) is 12.0. The van der Waals surface area contributed by atoms with E-state index in [-0.39, 0.29) is 0 Å². The van der Waals surface area contributed by atoms with Crippen LogP contribution in [0, 0.1) is 0 Å². The summed E-state index contributed by atoms with van der Waals surface area (Å²) in [6.07, 6.45) is 6.59. The lowest BCUT2D eigenvalue weighted by molar-refractivity contribution is 0.161. The van der Waals surface area contributed by atoms with Gasteiger partial charge in [0.2, 0.25) is 0 Å². The van der Waals surface area contributed by atoms with Crippen LogP contribution in [0.15, 0.2) is 0 Å². The lowest BCUT2D eigenvalue weighted by Crippen LogP contribution is -2.49. The van der Waals surface area contributed by atoms with Gasteiger partial charge in [-0.15, -0.1) is 0 Å². The summed E-state index contributed by atoms with van der Waals surface area (Å²) >= 11 is 0. The highest BCUT2D eigenvalue weighted by atomic mass is 28.4. The van der Waals surface area contributed by atoms with E-state index in [1.54, 1.807) is 0 Å². The highest BCUT2D eigenvalue weighted by Gasteiger charge is 2.50. The Morgan fingerprint density at radius 2 is 1.56 bits per heavy atom. The van der Waals surface area contributed by atoms with Crippen molar-refractivity contribution in [2.75, 3.05) is 13.2 Å². The van der Waals surface area contributed by atoms with Crippen molar-refractivity contribution in [3.63, 3.8) is 0 Å². The topological polar surface area (TPSA) is 18.5 Å². The van der Waals surface area contributed by atoms with Crippen LogP contribution in [0.3, 0.4) is 0 Å². The van der Waals surface area contributed by atoms with Crippen molar-refractivity contribution < 1.29 is 8.85 Å². The number of hydrogen-bond donors (Lipinski definition) is 0. The van der Waals surface area contributed by atoms with E-state index < -0.39 is 8.56 Å². The third-order valence-corrected chi connectivity index (χ3v) is 8.94. The Balaban J connectivity index is 2.84. The van der Waals surface area contributed by atoms with Gasteiger partial charge in [-0.2, -0.15) is 0 Å². The summed E-state index contributed by atoms with van der Waals surface area (Å²) in [5.41, 5.74) is 1.36. The minimum atomic E-state index is -1.97. The van der Waals surface area contributed by atoms with Gasteiger partial charge in [0.1, 0.15) is 0 Å². The van der Waals surface area contributed by atoms with E-state index in [4.69, 9.17) is 8.85 Å². The molecule has 0 amide bonds. The SMILES string of the molecule is CCO[Si](OCC)(C(C)CC)C1CCCC1. The van der Waals surface area contributed by atoms with E-state index in [1.165, 1.54) is 32.1 Å². The Labute approximate surface area is 102 Å². The first-order valence-electron chi connectivity index (χ1n) is 6.99. The molecule has 0 spiro atoms. The largest absolute Gasteiger partial charge is 0.394 e. The molecule has 0 radical (unpaired) electrons. The molecule has 2 nitrogen and oxygen atoms in total. The smallest absolute Gasteiger partial charge is 0.344 e. The molecule has 0 aliphatic heterocycles. The average Bonchev–Trinajstić information content (AvgIpc) is 2.81. The van der Waals surface area contributed by atoms with Crippen LogP contribution in [0.4, 0.5) is 0 Å². The van der Waals surface area contributed by atoms with Gasteiger partial charge in [0.15, 0.2) is 0 Å². The van der Waals surface area contributed by atoms with Crippen LogP contribution in [0.25, 0.3) is 0 Å². The van der Waals surface area contributed by atoms with E-state index in [1.807, 2.05) is 0 Å². The fraction of sp³-hybridized carbons (Fsp3) is 1.00. The molecule has 1 aliphatic rings. The van der Waals surface area contributed by atoms with Crippen molar-refractivity contribution in [2.24, 2.45) is 0 Å². The summed E-state index contributed by atoms with van der Waals surface area (Å²) in [7, 11) is -1.97. The fourth-order valence-corrected chi connectivity index (χ4v) is 7.64. The normalized spacial score (nSPS) is 20.2. The van der Waals surface area contributed by atoms with Crippen molar-refractivity contribution in [3.05, 3.63) is 0 Å². The lowest BCUT2D eigenvalue weighted by atomic mass is 10.3. The van der Waals surface area contributed by atoms with Gasteiger partial charge < -0.3 is 8.85 Å². The van der Waals surface area contributed by atoms with Gasteiger partial charge in [0.05, 0.1) is 0 Å². The van der Waals surface area contributed by atoms with Gasteiger partial charge in [-0.25, -0.2) is 0 Å². The first-order valence-corrected chi connectivity index (χ1v) is 8.96. The van der Waals surface area contributed by atoms with E-state index in [0.29, 0.717) is 5.54 Å². The van der Waals surface area contributed by atoms with Gasteiger partial charge in [-0.05, 0) is 32.2 Å². The van der Waals surface area contributed by atoms with Crippen molar-refractivity contribution in [1.29, 1.82) is 0 Å². The zero-order valence-electron chi connectivity index (χ0n) is 11.4. The summed E-state index contributed by atoms with van der Waals surface area (Å²) in [5, 5.41) is 0. The molecule has 16 heavy (non-hydrogen) atoms. The maximum atomic E-state index is 6.22. The molecule has 0 saturated heterocycles. The molecule has 96 valence electrons. The van der Waals surface area contributed by atoms with Crippen molar-refractivity contribution in [3.8, 4) is 0 Å². The number of rotatable bonds is 7. The summed E-state index contributed by atoms with van der Waals surface area (Å²) < 4.78 is 12.4. The molecule has 0 heterocycles. The lowest BCUT2D eigenvalue weighted by Gasteiger charge is -2.39. The Morgan fingerprint density at radius 1 is 1.06 bits per heavy atom. The Bertz CT molecular complexity index is 184. The summed E-state index contributed by atoms with van der Waals surface area (Å²) in [6.45, 7) is 10.4. The van der Waals surface area contributed by atoms with E-state index >= 15 is 0 Å². The monoisotopic (exact) mass is 244 g/mol. The molecule has 1 unspecified atom stereocenters. The maximum absolute atomic E-state index is 6.22. The van der Waals surface area contributed by atoms with Crippen LogP contribution in [0.1, 0.15) is 59.8 Å². The molecule has 0 aromatic rings. The minimum absolute atomic E-state index is 0.621. The summed E-state index contributed by atoms with van der Waals surface area (Å²) in [6, 6.07) is 0. The quantitative estimate of drug-likeness (QED) is 0.623. The molecule has 1 rings (SSSR count). The predicted octanol–water partition coefficient (Wildman–Crippen LogP) is 4.25. The zero-order valence-corrected chi connectivity index (χ0v) is 12.4. The molecule has 1 fully saturated rings. The highest BCUT2D eigenvalue weighted by molar-refractivity contribution is 6.70. The van der Waals surface area contributed by atoms with Crippen LogP contribution < -0.4 is 0 Å². The van der Waals surface area contributed by atoms with Gasteiger partial charge in [0.25, 0.3) is 0 Å². The maximum Gasteiger partial charge on any atom is 0.344 e. The summed E-state index contributed by atoms with van der Waals surface area (Å²) in [4.78, 5) is 0. The molecule has 1 saturated carbocycles. The second kappa shape index (κ2) is 6.77. The van der Waals surface area contributed by atoms with Crippen molar-refractivity contribution in [2.45, 2.75) is 70.9 Å². The van der Waals surface area contributed by atoms with E-state index in [2.05, 4.69) is 27.7 Å². The van der Waals surface area contributed by atoms with Gasteiger partial charge in [-0.1, -0.05) is 33.1 Å². The molecular formula is C13H28O2Si. The van der Waals surface area contributed by atoms with Gasteiger partial charge >= 0.3 is 8.56 Å². The third-order valence-electron chi connectivity index (χ3n) is 3.96. The predicted molar refractivity (Wildman–Crippen MR) is 70.9 cm³/mol. The van der Waals surface area contributed by atoms with Gasteiger partial charge in [0, 0.05) is 18.8 Å².